The maximum atomic E-state index is 6.70. The molecule has 2 aromatic heterocycles. The van der Waals surface area contributed by atoms with Gasteiger partial charge in [0, 0.05) is 6.04 Å². The molecule has 0 radical (unpaired) electrons. The van der Waals surface area contributed by atoms with Gasteiger partial charge in [-0.3, -0.25) is 0 Å². The van der Waals surface area contributed by atoms with Crippen molar-refractivity contribution in [2.45, 2.75) is 63.9 Å². The minimum absolute atomic E-state index is 0.208. The number of nitrogens with zero attached hydrogens (tertiary/aromatic N) is 4. The molecule has 0 aromatic carbocycles. The molecule has 1 aliphatic rings. The zero-order chi connectivity index (χ0) is 17.5. The number of aromatic nitrogens is 4. The summed E-state index contributed by atoms with van der Waals surface area (Å²) in [4.78, 5) is 12.9. The van der Waals surface area contributed by atoms with Crippen LogP contribution in [0.15, 0.2) is 18.9 Å². The minimum Gasteiger partial charge on any atom is -0.414 e. The minimum atomic E-state index is -1.80. The zero-order valence-corrected chi connectivity index (χ0v) is 16.4. The molecule has 1 aliphatic carbocycles. The summed E-state index contributed by atoms with van der Waals surface area (Å²) in [5.74, 6) is 0.392. The molecule has 0 saturated heterocycles. The average molecular weight is 348 g/mol. The highest BCUT2D eigenvalue weighted by Crippen LogP contribution is 2.43. The molecule has 2 heterocycles. The second-order valence-electron chi connectivity index (χ2n) is 8.42. The molecule has 1 unspecified atom stereocenters. The van der Waals surface area contributed by atoms with Gasteiger partial charge in [-0.2, -0.15) is 0 Å². The average Bonchev–Trinajstić information content (AvgIpc) is 3.09. The SMILES string of the molecule is CC(C)(C)[Si](C)(C)OC1C[C@H](n2cnc3cncnc32)C[C@@H]1CN. The summed E-state index contributed by atoms with van der Waals surface area (Å²) in [6.45, 7) is 12.1. The van der Waals surface area contributed by atoms with Gasteiger partial charge in [0.1, 0.15) is 11.8 Å². The molecule has 0 amide bonds. The molecule has 2 N–H and O–H groups in total. The van der Waals surface area contributed by atoms with Crippen molar-refractivity contribution in [2.24, 2.45) is 11.7 Å². The first kappa shape index (κ1) is 17.5. The monoisotopic (exact) mass is 347 g/mol. The molecule has 6 nitrogen and oxygen atoms in total. The van der Waals surface area contributed by atoms with Crippen LogP contribution in [0.5, 0.6) is 0 Å². The zero-order valence-electron chi connectivity index (χ0n) is 15.4. The predicted octanol–water partition coefficient (Wildman–Crippen LogP) is 3.13. The van der Waals surface area contributed by atoms with Crippen LogP contribution in [0, 0.1) is 5.92 Å². The summed E-state index contributed by atoms with van der Waals surface area (Å²) >= 11 is 0. The third-order valence-electron chi connectivity index (χ3n) is 5.79. The normalized spacial score (nSPS) is 25.5. The van der Waals surface area contributed by atoms with Crippen LogP contribution in [-0.4, -0.2) is 40.5 Å². The second kappa shape index (κ2) is 6.20. The van der Waals surface area contributed by atoms with E-state index >= 15 is 0 Å². The van der Waals surface area contributed by atoms with Gasteiger partial charge in [0.2, 0.25) is 0 Å². The van der Waals surface area contributed by atoms with Crippen LogP contribution in [0.25, 0.3) is 11.2 Å². The lowest BCUT2D eigenvalue weighted by molar-refractivity contribution is 0.142. The maximum absolute atomic E-state index is 6.70. The Bertz CT molecular complexity index is 708. The predicted molar refractivity (Wildman–Crippen MR) is 98.2 cm³/mol. The van der Waals surface area contributed by atoms with E-state index in [-0.39, 0.29) is 11.1 Å². The Morgan fingerprint density at radius 2 is 2.04 bits per heavy atom. The third-order valence-corrected chi connectivity index (χ3v) is 10.3. The lowest BCUT2D eigenvalue weighted by Gasteiger charge is -2.39. The Morgan fingerprint density at radius 1 is 1.29 bits per heavy atom. The highest BCUT2D eigenvalue weighted by Gasteiger charge is 2.44. The van der Waals surface area contributed by atoms with Gasteiger partial charge < -0.3 is 14.7 Å². The van der Waals surface area contributed by atoms with Crippen LogP contribution < -0.4 is 5.73 Å². The van der Waals surface area contributed by atoms with E-state index in [2.05, 4.69) is 53.4 Å². The molecule has 132 valence electrons. The van der Waals surface area contributed by atoms with Crippen LogP contribution in [0.2, 0.25) is 18.1 Å². The van der Waals surface area contributed by atoms with E-state index in [1.807, 2.05) is 6.33 Å². The quantitative estimate of drug-likeness (QED) is 0.860. The molecular formula is C17H29N5OSi. The summed E-state index contributed by atoms with van der Waals surface area (Å²) < 4.78 is 8.87. The molecule has 1 saturated carbocycles. The molecule has 24 heavy (non-hydrogen) atoms. The topological polar surface area (TPSA) is 78.8 Å². The van der Waals surface area contributed by atoms with Crippen LogP contribution >= 0.6 is 0 Å². The van der Waals surface area contributed by atoms with E-state index in [1.54, 1.807) is 12.5 Å². The van der Waals surface area contributed by atoms with Gasteiger partial charge in [-0.15, -0.1) is 0 Å². The van der Waals surface area contributed by atoms with Crippen molar-refractivity contribution < 1.29 is 4.43 Å². The fourth-order valence-electron chi connectivity index (χ4n) is 3.28. The summed E-state index contributed by atoms with van der Waals surface area (Å²) in [5, 5.41) is 0.208. The van der Waals surface area contributed by atoms with Crippen molar-refractivity contribution in [3.8, 4) is 0 Å². The number of nitrogens with two attached hydrogens (primary N) is 1. The van der Waals surface area contributed by atoms with Crippen LogP contribution in [0.3, 0.4) is 0 Å². The van der Waals surface area contributed by atoms with Crippen LogP contribution in [-0.2, 0) is 4.43 Å². The molecule has 3 atom stereocenters. The lowest BCUT2D eigenvalue weighted by Crippen LogP contribution is -2.45. The van der Waals surface area contributed by atoms with Gasteiger partial charge in [0.05, 0.1) is 18.6 Å². The van der Waals surface area contributed by atoms with Gasteiger partial charge >= 0.3 is 0 Å². The number of fused-ring (bicyclic) bond motifs is 1. The lowest BCUT2D eigenvalue weighted by atomic mass is 10.1. The van der Waals surface area contributed by atoms with Crippen molar-refractivity contribution in [3.63, 3.8) is 0 Å². The van der Waals surface area contributed by atoms with E-state index in [1.165, 1.54) is 0 Å². The second-order valence-corrected chi connectivity index (χ2v) is 13.2. The molecule has 0 spiro atoms. The summed E-state index contributed by atoms with van der Waals surface area (Å²) in [7, 11) is -1.80. The van der Waals surface area contributed by atoms with Crippen molar-refractivity contribution in [1.29, 1.82) is 0 Å². The summed E-state index contributed by atoms with van der Waals surface area (Å²) in [6.07, 6.45) is 7.44. The Morgan fingerprint density at radius 3 is 2.71 bits per heavy atom. The van der Waals surface area contributed by atoms with Gasteiger partial charge in [0.25, 0.3) is 0 Å². The highest BCUT2D eigenvalue weighted by atomic mass is 28.4. The van der Waals surface area contributed by atoms with Crippen molar-refractivity contribution >= 4 is 19.5 Å². The van der Waals surface area contributed by atoms with E-state index in [0.29, 0.717) is 18.5 Å². The van der Waals surface area contributed by atoms with E-state index in [9.17, 15) is 0 Å². The van der Waals surface area contributed by atoms with E-state index < -0.39 is 8.32 Å². The Labute approximate surface area is 145 Å². The van der Waals surface area contributed by atoms with Crippen LogP contribution in [0.4, 0.5) is 0 Å². The van der Waals surface area contributed by atoms with Crippen LogP contribution in [0.1, 0.15) is 39.7 Å². The molecule has 0 aliphatic heterocycles. The Kier molecular flexibility index (Phi) is 4.52. The maximum Gasteiger partial charge on any atom is 0.192 e. The van der Waals surface area contributed by atoms with Gasteiger partial charge in [-0.1, -0.05) is 20.8 Å². The molecule has 1 fully saturated rings. The third kappa shape index (κ3) is 3.12. The number of hydrogen-bond donors (Lipinski definition) is 1. The number of imidazole rings is 1. The molecule has 7 heteroatoms. The first-order valence-electron chi connectivity index (χ1n) is 8.73. The van der Waals surface area contributed by atoms with Crippen molar-refractivity contribution in [2.75, 3.05) is 6.54 Å². The number of hydrogen-bond acceptors (Lipinski definition) is 5. The first-order chi connectivity index (χ1) is 11.2. The van der Waals surface area contributed by atoms with E-state index in [0.717, 1.165) is 24.0 Å². The smallest absolute Gasteiger partial charge is 0.192 e. The molecular weight excluding hydrogens is 318 g/mol. The first-order valence-corrected chi connectivity index (χ1v) is 11.6. The highest BCUT2D eigenvalue weighted by molar-refractivity contribution is 6.74. The van der Waals surface area contributed by atoms with Gasteiger partial charge in [0.15, 0.2) is 14.0 Å². The standard InChI is InChI=1S/C17H29N5OSi/c1-17(2,3)24(4,5)23-15-7-13(6-12(15)8-18)22-11-21-14-9-19-10-20-16(14)22/h9-13,15H,6-8,18H2,1-5H3/t12-,13-,15?/m1/s1. The molecule has 0 bridgehead atoms. The van der Waals surface area contributed by atoms with Crippen molar-refractivity contribution in [3.05, 3.63) is 18.9 Å². The van der Waals surface area contributed by atoms with E-state index in [4.69, 9.17) is 10.2 Å². The van der Waals surface area contributed by atoms with Crippen molar-refractivity contribution in [1.82, 2.24) is 19.5 Å². The largest absolute Gasteiger partial charge is 0.414 e. The Balaban J connectivity index is 1.82. The number of rotatable bonds is 4. The van der Waals surface area contributed by atoms with Gasteiger partial charge in [-0.25, -0.2) is 15.0 Å². The Hall–Kier alpha value is -1.31. The fourth-order valence-corrected chi connectivity index (χ4v) is 4.68. The molecule has 2 aromatic rings. The fraction of sp³-hybridized carbons (Fsp3) is 0.706. The summed E-state index contributed by atoms with van der Waals surface area (Å²) in [6, 6.07) is 0.341. The summed E-state index contributed by atoms with van der Waals surface area (Å²) in [5.41, 5.74) is 7.81. The van der Waals surface area contributed by atoms with Gasteiger partial charge in [-0.05, 0) is 43.4 Å². The molecule has 3 rings (SSSR count).